The van der Waals surface area contributed by atoms with Crippen LogP contribution >= 0.6 is 11.6 Å². The van der Waals surface area contributed by atoms with Crippen molar-refractivity contribution in [3.63, 3.8) is 0 Å². The van der Waals surface area contributed by atoms with Gasteiger partial charge >= 0.3 is 0 Å². The molecule has 1 aromatic carbocycles. The maximum absolute atomic E-state index is 12.1. The number of hydrogen-bond donors (Lipinski definition) is 1. The van der Waals surface area contributed by atoms with Crippen molar-refractivity contribution in [2.45, 2.75) is 38.6 Å². The molecule has 0 spiro atoms. The summed E-state index contributed by atoms with van der Waals surface area (Å²) >= 11 is 6.13. The van der Waals surface area contributed by atoms with Crippen LogP contribution in [0.25, 0.3) is 0 Å². The van der Waals surface area contributed by atoms with Crippen molar-refractivity contribution in [3.8, 4) is 0 Å². The van der Waals surface area contributed by atoms with Crippen LogP contribution < -0.4 is 5.32 Å². The van der Waals surface area contributed by atoms with E-state index in [0.29, 0.717) is 0 Å². The number of amides is 1. The Labute approximate surface area is 119 Å². The number of hydrogen-bond acceptors (Lipinski definition) is 1. The van der Waals surface area contributed by atoms with Gasteiger partial charge in [0.25, 0.3) is 0 Å². The summed E-state index contributed by atoms with van der Waals surface area (Å²) in [6.07, 6.45) is 7.86. The third-order valence-corrected chi connectivity index (χ3v) is 3.88. The highest BCUT2D eigenvalue weighted by molar-refractivity contribution is 6.31. The Morgan fingerprint density at radius 3 is 2.89 bits per heavy atom. The molecule has 1 N–H and O–H groups in total. The zero-order valence-corrected chi connectivity index (χ0v) is 12.0. The molecule has 0 bridgehead atoms. The zero-order chi connectivity index (χ0) is 13.7. The predicted molar refractivity (Wildman–Crippen MR) is 79.2 cm³/mol. The minimum Gasteiger partial charge on any atom is -0.353 e. The molecule has 0 saturated heterocycles. The topological polar surface area (TPSA) is 29.1 Å². The third kappa shape index (κ3) is 4.10. The van der Waals surface area contributed by atoms with E-state index in [4.69, 9.17) is 11.6 Å². The van der Waals surface area contributed by atoms with E-state index in [-0.39, 0.29) is 17.9 Å². The van der Waals surface area contributed by atoms with Crippen molar-refractivity contribution >= 4 is 17.5 Å². The lowest BCUT2D eigenvalue weighted by Gasteiger charge is -2.21. The first-order chi connectivity index (χ1) is 9.16. The van der Waals surface area contributed by atoms with Crippen LogP contribution in [0.15, 0.2) is 36.4 Å². The standard InChI is InChI=1S/C16H20ClNO/c1-12(11-14-9-5-6-10-15(14)17)18-16(19)13-7-3-2-4-8-13/h2-3,5-6,9-10,12-13H,4,7-8,11H2,1H3,(H,18,19). The van der Waals surface area contributed by atoms with Crippen LogP contribution in [-0.2, 0) is 11.2 Å². The first-order valence-corrected chi connectivity index (χ1v) is 7.23. The molecule has 2 atom stereocenters. The highest BCUT2D eigenvalue weighted by Crippen LogP contribution is 2.19. The summed E-state index contributed by atoms with van der Waals surface area (Å²) in [6.45, 7) is 2.03. The highest BCUT2D eigenvalue weighted by atomic mass is 35.5. The molecule has 2 nitrogen and oxygen atoms in total. The van der Waals surface area contributed by atoms with Crippen molar-refractivity contribution in [3.05, 3.63) is 47.0 Å². The van der Waals surface area contributed by atoms with Crippen LogP contribution in [0.3, 0.4) is 0 Å². The minimum atomic E-state index is 0.110. The van der Waals surface area contributed by atoms with E-state index in [9.17, 15) is 4.79 Å². The Morgan fingerprint density at radius 1 is 1.42 bits per heavy atom. The van der Waals surface area contributed by atoms with Gasteiger partial charge in [-0.1, -0.05) is 42.0 Å². The van der Waals surface area contributed by atoms with Gasteiger partial charge in [0, 0.05) is 17.0 Å². The van der Waals surface area contributed by atoms with Crippen LogP contribution in [0.2, 0.25) is 5.02 Å². The molecule has 0 radical (unpaired) electrons. The van der Waals surface area contributed by atoms with Gasteiger partial charge in [0.1, 0.15) is 0 Å². The summed E-state index contributed by atoms with van der Waals surface area (Å²) in [5, 5.41) is 3.86. The van der Waals surface area contributed by atoms with Crippen molar-refractivity contribution in [2.75, 3.05) is 0 Å². The van der Waals surface area contributed by atoms with E-state index in [0.717, 1.165) is 36.3 Å². The fraction of sp³-hybridized carbons (Fsp3) is 0.438. The molecule has 0 aromatic heterocycles. The van der Waals surface area contributed by atoms with Gasteiger partial charge in [-0.3, -0.25) is 4.79 Å². The van der Waals surface area contributed by atoms with Gasteiger partial charge in [0.05, 0.1) is 0 Å². The van der Waals surface area contributed by atoms with E-state index in [2.05, 4.69) is 17.5 Å². The van der Waals surface area contributed by atoms with Gasteiger partial charge in [-0.15, -0.1) is 0 Å². The molecule has 2 unspecified atom stereocenters. The molecule has 102 valence electrons. The van der Waals surface area contributed by atoms with Gasteiger partial charge in [-0.25, -0.2) is 0 Å². The lowest BCUT2D eigenvalue weighted by atomic mass is 9.93. The molecule has 1 aliphatic rings. The van der Waals surface area contributed by atoms with E-state index in [1.807, 2.05) is 31.2 Å². The molecule has 1 aromatic rings. The van der Waals surface area contributed by atoms with E-state index in [1.54, 1.807) is 0 Å². The maximum Gasteiger partial charge on any atom is 0.223 e. The Kier molecular flexibility index (Phi) is 5.03. The Morgan fingerprint density at radius 2 is 2.21 bits per heavy atom. The van der Waals surface area contributed by atoms with E-state index >= 15 is 0 Å². The summed E-state index contributed by atoms with van der Waals surface area (Å²) in [5.41, 5.74) is 1.08. The second-order valence-electron chi connectivity index (χ2n) is 5.19. The van der Waals surface area contributed by atoms with Crippen LogP contribution in [0.1, 0.15) is 31.7 Å². The fourth-order valence-corrected chi connectivity index (χ4v) is 2.65. The van der Waals surface area contributed by atoms with Crippen molar-refractivity contribution in [2.24, 2.45) is 5.92 Å². The molecular weight excluding hydrogens is 258 g/mol. The van der Waals surface area contributed by atoms with Crippen LogP contribution in [-0.4, -0.2) is 11.9 Å². The summed E-state index contributed by atoms with van der Waals surface area (Å²) in [5.74, 6) is 0.308. The largest absolute Gasteiger partial charge is 0.353 e. The van der Waals surface area contributed by atoms with Gasteiger partial charge in [0.15, 0.2) is 0 Å². The second-order valence-corrected chi connectivity index (χ2v) is 5.59. The normalized spacial score (nSPS) is 20.0. The Balaban J connectivity index is 1.87. The van der Waals surface area contributed by atoms with Crippen molar-refractivity contribution < 1.29 is 4.79 Å². The maximum atomic E-state index is 12.1. The van der Waals surface area contributed by atoms with Crippen LogP contribution in [0.5, 0.6) is 0 Å². The molecular formula is C16H20ClNO. The van der Waals surface area contributed by atoms with Crippen molar-refractivity contribution in [1.82, 2.24) is 5.32 Å². The molecule has 0 saturated carbocycles. The summed E-state index contributed by atoms with van der Waals surface area (Å²) in [4.78, 5) is 12.1. The molecule has 1 aliphatic carbocycles. The van der Waals surface area contributed by atoms with E-state index in [1.165, 1.54) is 0 Å². The smallest absolute Gasteiger partial charge is 0.223 e. The molecule has 2 rings (SSSR count). The third-order valence-electron chi connectivity index (χ3n) is 3.51. The quantitative estimate of drug-likeness (QED) is 0.835. The van der Waals surface area contributed by atoms with Crippen LogP contribution in [0, 0.1) is 5.92 Å². The summed E-state index contributed by atoms with van der Waals surface area (Å²) in [6, 6.07) is 7.90. The number of halogens is 1. The number of carbonyl (C=O) groups is 1. The minimum absolute atomic E-state index is 0.110. The number of rotatable bonds is 4. The molecule has 3 heteroatoms. The van der Waals surface area contributed by atoms with Gasteiger partial charge in [-0.2, -0.15) is 0 Å². The highest BCUT2D eigenvalue weighted by Gasteiger charge is 2.20. The summed E-state index contributed by atoms with van der Waals surface area (Å²) < 4.78 is 0. The Bertz CT molecular complexity index is 470. The SMILES string of the molecule is CC(Cc1ccccc1Cl)NC(=O)C1CC=CCC1. The first kappa shape index (κ1) is 14.1. The lowest BCUT2D eigenvalue weighted by Crippen LogP contribution is -2.38. The fourth-order valence-electron chi connectivity index (χ4n) is 2.44. The number of nitrogens with one attached hydrogen (secondary N) is 1. The Hall–Kier alpha value is -1.28. The van der Waals surface area contributed by atoms with Crippen molar-refractivity contribution in [1.29, 1.82) is 0 Å². The average Bonchev–Trinajstić information content (AvgIpc) is 2.42. The lowest BCUT2D eigenvalue weighted by molar-refractivity contribution is -0.125. The summed E-state index contributed by atoms with van der Waals surface area (Å²) in [7, 11) is 0. The monoisotopic (exact) mass is 277 g/mol. The first-order valence-electron chi connectivity index (χ1n) is 6.85. The number of allylic oxidation sites excluding steroid dienone is 2. The average molecular weight is 278 g/mol. The predicted octanol–water partition coefficient (Wildman–Crippen LogP) is 3.74. The number of benzene rings is 1. The van der Waals surface area contributed by atoms with Gasteiger partial charge < -0.3 is 5.32 Å². The molecule has 0 aliphatic heterocycles. The van der Waals surface area contributed by atoms with E-state index < -0.39 is 0 Å². The van der Waals surface area contributed by atoms with Crippen LogP contribution in [0.4, 0.5) is 0 Å². The second kappa shape index (κ2) is 6.76. The molecule has 0 fully saturated rings. The number of carbonyl (C=O) groups excluding carboxylic acids is 1. The molecule has 19 heavy (non-hydrogen) atoms. The van der Waals surface area contributed by atoms with Gasteiger partial charge in [-0.05, 0) is 44.2 Å². The van der Waals surface area contributed by atoms with Gasteiger partial charge in [0.2, 0.25) is 5.91 Å². The molecule has 1 amide bonds. The zero-order valence-electron chi connectivity index (χ0n) is 11.2. The molecule has 0 heterocycles.